The third kappa shape index (κ3) is 4.62. The van der Waals surface area contributed by atoms with Gasteiger partial charge >= 0.3 is 5.97 Å². The standard InChI is InChI=1S/C14H19NO4/c1-9-8-10(16)4-5-11(9)13(19)15-14(2,3)7-6-12(17)18/h4-5,8,16H,6-7H2,1-3H3,(H,15,19)(H,17,18). The molecule has 1 amide bonds. The molecule has 1 aromatic carbocycles. The minimum Gasteiger partial charge on any atom is -0.508 e. The molecule has 0 fully saturated rings. The van der Waals surface area contributed by atoms with E-state index in [2.05, 4.69) is 5.32 Å². The quantitative estimate of drug-likeness (QED) is 0.760. The zero-order chi connectivity index (χ0) is 14.6. The molecule has 0 unspecified atom stereocenters. The van der Waals surface area contributed by atoms with Crippen molar-refractivity contribution in [1.82, 2.24) is 5.32 Å². The summed E-state index contributed by atoms with van der Waals surface area (Å²) >= 11 is 0. The van der Waals surface area contributed by atoms with E-state index < -0.39 is 11.5 Å². The number of carbonyl (C=O) groups excluding carboxylic acids is 1. The van der Waals surface area contributed by atoms with Gasteiger partial charge in [0.15, 0.2) is 0 Å². The number of carboxylic acids is 1. The minimum absolute atomic E-state index is 0.00183. The number of carboxylic acid groups (broad SMARTS) is 1. The number of aryl methyl sites for hydroxylation is 1. The van der Waals surface area contributed by atoms with Gasteiger partial charge in [-0.2, -0.15) is 0 Å². The Bertz CT molecular complexity index is 494. The van der Waals surface area contributed by atoms with Crippen LogP contribution in [0, 0.1) is 6.92 Å². The fourth-order valence-corrected chi connectivity index (χ4v) is 1.76. The number of aromatic hydroxyl groups is 1. The van der Waals surface area contributed by atoms with Crippen LogP contribution in [0.25, 0.3) is 0 Å². The maximum atomic E-state index is 12.1. The van der Waals surface area contributed by atoms with Gasteiger partial charge in [-0.15, -0.1) is 0 Å². The summed E-state index contributed by atoms with van der Waals surface area (Å²) in [7, 11) is 0. The van der Waals surface area contributed by atoms with Crippen molar-refractivity contribution in [3.8, 4) is 5.75 Å². The Hall–Kier alpha value is -2.04. The van der Waals surface area contributed by atoms with Crippen molar-refractivity contribution >= 4 is 11.9 Å². The van der Waals surface area contributed by atoms with Crippen LogP contribution < -0.4 is 5.32 Å². The molecule has 3 N–H and O–H groups in total. The number of hydrogen-bond donors (Lipinski definition) is 3. The largest absolute Gasteiger partial charge is 0.508 e. The summed E-state index contributed by atoms with van der Waals surface area (Å²) in [6, 6.07) is 4.51. The lowest BCUT2D eigenvalue weighted by Gasteiger charge is -2.26. The molecule has 0 aromatic heterocycles. The molecule has 19 heavy (non-hydrogen) atoms. The van der Waals surface area contributed by atoms with Gasteiger partial charge in [0.25, 0.3) is 5.91 Å². The third-order valence-electron chi connectivity index (χ3n) is 2.87. The molecule has 0 aliphatic carbocycles. The van der Waals surface area contributed by atoms with Crippen molar-refractivity contribution in [3.63, 3.8) is 0 Å². The van der Waals surface area contributed by atoms with E-state index >= 15 is 0 Å². The van der Waals surface area contributed by atoms with E-state index in [4.69, 9.17) is 5.11 Å². The summed E-state index contributed by atoms with van der Waals surface area (Å²) in [4.78, 5) is 22.6. The summed E-state index contributed by atoms with van der Waals surface area (Å²) in [5.41, 5.74) is 0.549. The van der Waals surface area contributed by atoms with E-state index in [1.54, 1.807) is 26.8 Å². The first-order valence-electron chi connectivity index (χ1n) is 6.05. The number of carbonyl (C=O) groups is 2. The summed E-state index contributed by atoms with van der Waals surface area (Å²) < 4.78 is 0. The molecule has 0 atom stereocenters. The average Bonchev–Trinajstić information content (AvgIpc) is 2.25. The number of benzene rings is 1. The number of phenols is 1. The molecule has 1 aromatic rings. The van der Waals surface area contributed by atoms with Crippen LogP contribution in [0.3, 0.4) is 0 Å². The first-order valence-corrected chi connectivity index (χ1v) is 6.05. The second-order valence-electron chi connectivity index (χ2n) is 5.23. The first-order chi connectivity index (χ1) is 8.71. The Labute approximate surface area is 112 Å². The van der Waals surface area contributed by atoms with Gasteiger partial charge in [-0.1, -0.05) is 0 Å². The van der Waals surface area contributed by atoms with Crippen LogP contribution in [0.4, 0.5) is 0 Å². The maximum Gasteiger partial charge on any atom is 0.303 e. The van der Waals surface area contributed by atoms with Crippen molar-refractivity contribution in [1.29, 1.82) is 0 Å². The van der Waals surface area contributed by atoms with Gasteiger partial charge in [-0.3, -0.25) is 9.59 Å². The first kappa shape index (κ1) is 15.0. The number of phenolic OH excluding ortho intramolecular Hbond substituents is 1. The van der Waals surface area contributed by atoms with Crippen molar-refractivity contribution in [2.24, 2.45) is 0 Å². The predicted octanol–water partition coefficient (Wildman–Crippen LogP) is 2.07. The Morgan fingerprint density at radius 1 is 1.32 bits per heavy atom. The SMILES string of the molecule is Cc1cc(O)ccc1C(=O)NC(C)(C)CCC(=O)O. The average molecular weight is 265 g/mol. The summed E-state index contributed by atoms with van der Waals surface area (Å²) in [6.45, 7) is 5.30. The minimum atomic E-state index is -0.886. The molecule has 0 bridgehead atoms. The van der Waals surface area contributed by atoms with Crippen LogP contribution >= 0.6 is 0 Å². The summed E-state index contributed by atoms with van der Waals surface area (Å²) in [6.07, 6.45) is 0.354. The van der Waals surface area contributed by atoms with E-state index in [-0.39, 0.29) is 18.1 Å². The second kappa shape index (κ2) is 5.73. The van der Waals surface area contributed by atoms with Gasteiger partial charge in [0, 0.05) is 17.5 Å². The zero-order valence-electron chi connectivity index (χ0n) is 11.4. The molecule has 0 aliphatic rings. The van der Waals surface area contributed by atoms with Gasteiger partial charge in [0.05, 0.1) is 0 Å². The third-order valence-corrected chi connectivity index (χ3v) is 2.87. The molecule has 0 heterocycles. The highest BCUT2D eigenvalue weighted by Gasteiger charge is 2.22. The molecule has 5 heteroatoms. The normalized spacial score (nSPS) is 11.1. The van der Waals surface area contributed by atoms with Crippen LogP contribution in [0.5, 0.6) is 5.75 Å². The van der Waals surface area contributed by atoms with Gasteiger partial charge in [0.2, 0.25) is 0 Å². The number of aliphatic carboxylic acids is 1. The zero-order valence-corrected chi connectivity index (χ0v) is 11.4. The molecule has 0 radical (unpaired) electrons. The van der Waals surface area contributed by atoms with Gasteiger partial charge in [-0.05, 0) is 51.0 Å². The van der Waals surface area contributed by atoms with Crippen LogP contribution in [0.1, 0.15) is 42.6 Å². The van der Waals surface area contributed by atoms with Crippen LogP contribution in [-0.4, -0.2) is 27.6 Å². The van der Waals surface area contributed by atoms with Crippen molar-refractivity contribution in [2.75, 3.05) is 0 Å². The van der Waals surface area contributed by atoms with Crippen LogP contribution in [-0.2, 0) is 4.79 Å². The van der Waals surface area contributed by atoms with E-state index in [0.29, 0.717) is 17.5 Å². The smallest absolute Gasteiger partial charge is 0.303 e. The maximum absolute atomic E-state index is 12.1. The number of rotatable bonds is 5. The summed E-state index contributed by atoms with van der Waals surface area (Å²) in [5, 5.41) is 20.8. The fourth-order valence-electron chi connectivity index (χ4n) is 1.76. The fraction of sp³-hybridized carbons (Fsp3) is 0.429. The van der Waals surface area contributed by atoms with E-state index in [1.165, 1.54) is 12.1 Å². The van der Waals surface area contributed by atoms with Gasteiger partial charge < -0.3 is 15.5 Å². The Morgan fingerprint density at radius 2 is 1.95 bits per heavy atom. The number of amides is 1. The lowest BCUT2D eigenvalue weighted by atomic mass is 9.97. The summed E-state index contributed by atoms with van der Waals surface area (Å²) in [5.74, 6) is -1.05. The highest BCUT2D eigenvalue weighted by molar-refractivity contribution is 5.96. The monoisotopic (exact) mass is 265 g/mol. The molecular weight excluding hydrogens is 246 g/mol. The highest BCUT2D eigenvalue weighted by atomic mass is 16.4. The molecule has 1 rings (SSSR count). The molecule has 104 valence electrons. The topological polar surface area (TPSA) is 86.6 Å². The predicted molar refractivity (Wildman–Crippen MR) is 71.3 cm³/mol. The van der Waals surface area contributed by atoms with E-state index in [1.807, 2.05) is 0 Å². The molecule has 0 saturated heterocycles. The number of nitrogens with one attached hydrogen (secondary N) is 1. The molecule has 0 saturated carbocycles. The van der Waals surface area contributed by atoms with E-state index in [0.717, 1.165) is 0 Å². The molecule has 0 aliphatic heterocycles. The van der Waals surface area contributed by atoms with E-state index in [9.17, 15) is 14.7 Å². The van der Waals surface area contributed by atoms with Crippen molar-refractivity contribution in [2.45, 2.75) is 39.2 Å². The Morgan fingerprint density at radius 3 is 2.47 bits per heavy atom. The van der Waals surface area contributed by atoms with Crippen LogP contribution in [0.15, 0.2) is 18.2 Å². The Balaban J connectivity index is 2.75. The lowest BCUT2D eigenvalue weighted by Crippen LogP contribution is -2.43. The van der Waals surface area contributed by atoms with Crippen molar-refractivity contribution < 1.29 is 19.8 Å². The second-order valence-corrected chi connectivity index (χ2v) is 5.23. The highest BCUT2D eigenvalue weighted by Crippen LogP contribution is 2.18. The molecule has 0 spiro atoms. The number of hydrogen-bond acceptors (Lipinski definition) is 3. The lowest BCUT2D eigenvalue weighted by molar-refractivity contribution is -0.137. The van der Waals surface area contributed by atoms with Crippen LogP contribution in [0.2, 0.25) is 0 Å². The van der Waals surface area contributed by atoms with Gasteiger partial charge in [-0.25, -0.2) is 0 Å². The Kier molecular flexibility index (Phi) is 4.53. The molecular formula is C14H19NO4. The molecule has 5 nitrogen and oxygen atoms in total. The van der Waals surface area contributed by atoms with Crippen molar-refractivity contribution in [3.05, 3.63) is 29.3 Å². The van der Waals surface area contributed by atoms with Gasteiger partial charge in [0.1, 0.15) is 5.75 Å².